The highest BCUT2D eigenvalue weighted by atomic mass is 35.5. The van der Waals surface area contributed by atoms with Crippen molar-refractivity contribution in [2.45, 2.75) is 18.2 Å². The summed E-state index contributed by atoms with van der Waals surface area (Å²) in [6.07, 6.45) is 0.292. The SMILES string of the molecule is Cc1noc(CCNS(=O)(=O)c2cc(N)ccc2Cl)n1. The molecule has 2 aromatic rings. The first-order valence-corrected chi connectivity index (χ1v) is 7.58. The molecule has 20 heavy (non-hydrogen) atoms. The maximum atomic E-state index is 12.1. The number of hydrogen-bond donors (Lipinski definition) is 2. The smallest absolute Gasteiger partial charge is 0.242 e. The zero-order valence-electron chi connectivity index (χ0n) is 10.6. The molecule has 0 aliphatic rings. The Morgan fingerprint density at radius 1 is 1.45 bits per heavy atom. The van der Waals surface area contributed by atoms with Crippen LogP contribution in [-0.4, -0.2) is 25.1 Å². The Morgan fingerprint density at radius 3 is 2.85 bits per heavy atom. The molecule has 0 aliphatic heterocycles. The molecule has 1 aromatic heterocycles. The van der Waals surface area contributed by atoms with Crippen molar-refractivity contribution in [3.8, 4) is 0 Å². The van der Waals surface area contributed by atoms with Gasteiger partial charge in [0.25, 0.3) is 0 Å². The second-order valence-corrected chi connectivity index (χ2v) is 6.22. The molecule has 0 radical (unpaired) electrons. The van der Waals surface area contributed by atoms with Gasteiger partial charge in [-0.2, -0.15) is 4.98 Å². The number of halogens is 1. The van der Waals surface area contributed by atoms with Crippen LogP contribution in [0.1, 0.15) is 11.7 Å². The van der Waals surface area contributed by atoms with Gasteiger partial charge in [0.2, 0.25) is 15.9 Å². The molecule has 0 fully saturated rings. The Bertz CT molecular complexity index is 714. The van der Waals surface area contributed by atoms with E-state index in [0.717, 1.165) is 0 Å². The quantitative estimate of drug-likeness (QED) is 0.800. The zero-order chi connectivity index (χ0) is 14.8. The van der Waals surface area contributed by atoms with Gasteiger partial charge < -0.3 is 10.3 Å². The fourth-order valence-corrected chi connectivity index (χ4v) is 3.10. The summed E-state index contributed by atoms with van der Waals surface area (Å²) < 4.78 is 31.5. The lowest BCUT2D eigenvalue weighted by molar-refractivity contribution is 0.375. The number of nitrogen functional groups attached to an aromatic ring is 1. The minimum atomic E-state index is -3.73. The van der Waals surface area contributed by atoms with E-state index in [4.69, 9.17) is 21.9 Å². The number of rotatable bonds is 5. The molecule has 0 saturated carbocycles. The molecule has 0 spiro atoms. The number of aryl methyl sites for hydroxylation is 1. The summed E-state index contributed by atoms with van der Waals surface area (Å²) in [4.78, 5) is 3.92. The summed E-state index contributed by atoms with van der Waals surface area (Å²) in [5, 5.41) is 3.73. The fourth-order valence-electron chi connectivity index (χ4n) is 1.54. The fraction of sp³-hybridized carbons (Fsp3) is 0.273. The van der Waals surface area contributed by atoms with Gasteiger partial charge in [-0.25, -0.2) is 13.1 Å². The normalized spacial score (nSPS) is 11.7. The summed E-state index contributed by atoms with van der Waals surface area (Å²) in [5.74, 6) is 0.866. The lowest BCUT2D eigenvalue weighted by Gasteiger charge is -2.08. The van der Waals surface area contributed by atoms with Crippen molar-refractivity contribution in [1.29, 1.82) is 0 Å². The number of hydrogen-bond acceptors (Lipinski definition) is 6. The van der Waals surface area contributed by atoms with Crippen molar-refractivity contribution in [1.82, 2.24) is 14.9 Å². The van der Waals surface area contributed by atoms with Crippen molar-refractivity contribution >= 4 is 27.3 Å². The summed E-state index contributed by atoms with van der Waals surface area (Å²) in [5.41, 5.74) is 5.88. The van der Waals surface area contributed by atoms with Crippen LogP contribution in [0.3, 0.4) is 0 Å². The van der Waals surface area contributed by atoms with Crippen LogP contribution in [0.4, 0.5) is 5.69 Å². The van der Waals surface area contributed by atoms with E-state index in [1.165, 1.54) is 18.2 Å². The predicted molar refractivity (Wildman–Crippen MR) is 73.8 cm³/mol. The molecule has 2 rings (SSSR count). The largest absolute Gasteiger partial charge is 0.399 e. The van der Waals surface area contributed by atoms with Gasteiger partial charge in [0.15, 0.2) is 5.82 Å². The van der Waals surface area contributed by atoms with E-state index in [0.29, 0.717) is 23.8 Å². The molecule has 0 atom stereocenters. The Kier molecular flexibility index (Phi) is 4.26. The first kappa shape index (κ1) is 14.8. The van der Waals surface area contributed by atoms with Gasteiger partial charge in [-0.1, -0.05) is 16.8 Å². The topological polar surface area (TPSA) is 111 Å². The Hall–Kier alpha value is -1.64. The summed E-state index contributed by atoms with van der Waals surface area (Å²) in [6, 6.07) is 4.27. The number of anilines is 1. The molecule has 0 aliphatic carbocycles. The van der Waals surface area contributed by atoms with E-state index in [1.54, 1.807) is 6.92 Å². The standard InChI is InChI=1S/C11H13ClN4O3S/c1-7-15-11(19-16-7)4-5-14-20(17,18)10-6-8(13)2-3-9(10)12/h2-3,6,14H,4-5,13H2,1H3. The average molecular weight is 317 g/mol. The van der Waals surface area contributed by atoms with E-state index in [2.05, 4.69) is 14.9 Å². The predicted octanol–water partition coefficient (Wildman–Crippen LogP) is 1.13. The molecular formula is C11H13ClN4O3S. The minimum Gasteiger partial charge on any atom is -0.399 e. The molecule has 3 N–H and O–H groups in total. The third-order valence-corrected chi connectivity index (χ3v) is 4.39. The third kappa shape index (κ3) is 3.47. The van der Waals surface area contributed by atoms with E-state index in [-0.39, 0.29) is 16.5 Å². The second-order valence-electron chi connectivity index (χ2n) is 4.07. The number of nitrogens with one attached hydrogen (secondary N) is 1. The maximum Gasteiger partial charge on any atom is 0.242 e. The number of nitrogens with zero attached hydrogens (tertiary/aromatic N) is 2. The Labute approximate surface area is 121 Å². The third-order valence-electron chi connectivity index (χ3n) is 2.45. The Balaban J connectivity index is 2.06. The molecule has 108 valence electrons. The summed E-state index contributed by atoms with van der Waals surface area (Å²) >= 11 is 5.86. The maximum absolute atomic E-state index is 12.1. The van der Waals surface area contributed by atoms with E-state index >= 15 is 0 Å². The van der Waals surface area contributed by atoms with Gasteiger partial charge in [0.05, 0.1) is 5.02 Å². The molecule has 9 heteroatoms. The van der Waals surface area contributed by atoms with Crippen LogP contribution in [0, 0.1) is 6.92 Å². The lowest BCUT2D eigenvalue weighted by Crippen LogP contribution is -2.26. The zero-order valence-corrected chi connectivity index (χ0v) is 12.2. The van der Waals surface area contributed by atoms with E-state index < -0.39 is 10.0 Å². The van der Waals surface area contributed by atoms with Crippen molar-refractivity contribution < 1.29 is 12.9 Å². The lowest BCUT2D eigenvalue weighted by atomic mass is 10.3. The highest BCUT2D eigenvalue weighted by Gasteiger charge is 2.18. The molecule has 0 saturated heterocycles. The van der Waals surface area contributed by atoms with Crippen LogP contribution in [0.15, 0.2) is 27.6 Å². The van der Waals surface area contributed by atoms with E-state index in [1.807, 2.05) is 0 Å². The van der Waals surface area contributed by atoms with Crippen LogP contribution in [0.5, 0.6) is 0 Å². The number of sulfonamides is 1. The van der Waals surface area contributed by atoms with Crippen molar-refractivity contribution in [3.63, 3.8) is 0 Å². The van der Waals surface area contributed by atoms with Crippen molar-refractivity contribution in [2.24, 2.45) is 0 Å². The number of nitrogens with two attached hydrogens (primary N) is 1. The monoisotopic (exact) mass is 316 g/mol. The second kappa shape index (κ2) is 5.78. The first-order valence-electron chi connectivity index (χ1n) is 5.72. The van der Waals surface area contributed by atoms with Gasteiger partial charge in [0.1, 0.15) is 4.90 Å². The molecule has 0 amide bonds. The van der Waals surface area contributed by atoms with Gasteiger partial charge in [-0.15, -0.1) is 0 Å². The Morgan fingerprint density at radius 2 is 2.20 bits per heavy atom. The van der Waals surface area contributed by atoms with Gasteiger partial charge >= 0.3 is 0 Å². The minimum absolute atomic E-state index is 0.0547. The van der Waals surface area contributed by atoms with Crippen molar-refractivity contribution in [3.05, 3.63) is 34.9 Å². The highest BCUT2D eigenvalue weighted by Crippen LogP contribution is 2.23. The highest BCUT2D eigenvalue weighted by molar-refractivity contribution is 7.89. The van der Waals surface area contributed by atoms with Gasteiger partial charge in [-0.05, 0) is 25.1 Å². The van der Waals surface area contributed by atoms with Gasteiger partial charge in [-0.3, -0.25) is 0 Å². The van der Waals surface area contributed by atoms with Crippen LogP contribution in [0.25, 0.3) is 0 Å². The van der Waals surface area contributed by atoms with Crippen LogP contribution < -0.4 is 10.5 Å². The van der Waals surface area contributed by atoms with Crippen molar-refractivity contribution in [2.75, 3.05) is 12.3 Å². The number of aromatic nitrogens is 2. The summed E-state index contributed by atoms with van der Waals surface area (Å²) in [7, 11) is -3.73. The van der Waals surface area contributed by atoms with Crippen LogP contribution >= 0.6 is 11.6 Å². The molecule has 0 unspecified atom stereocenters. The molecule has 1 heterocycles. The molecular weight excluding hydrogens is 304 g/mol. The van der Waals surface area contributed by atoms with Crippen LogP contribution in [-0.2, 0) is 16.4 Å². The number of benzene rings is 1. The average Bonchev–Trinajstić information content (AvgIpc) is 2.78. The molecule has 7 nitrogen and oxygen atoms in total. The van der Waals surface area contributed by atoms with Gasteiger partial charge in [0, 0.05) is 18.7 Å². The molecule has 1 aromatic carbocycles. The van der Waals surface area contributed by atoms with Crippen LogP contribution in [0.2, 0.25) is 5.02 Å². The van der Waals surface area contributed by atoms with E-state index in [9.17, 15) is 8.42 Å². The first-order chi connectivity index (χ1) is 9.38. The molecule has 0 bridgehead atoms. The summed E-state index contributed by atoms with van der Waals surface area (Å²) in [6.45, 7) is 1.80.